The molecule has 1 aliphatic rings. The van der Waals surface area contributed by atoms with Gasteiger partial charge in [0.05, 0.1) is 12.6 Å². The van der Waals surface area contributed by atoms with Gasteiger partial charge in [0, 0.05) is 33.2 Å². The van der Waals surface area contributed by atoms with E-state index in [1.54, 1.807) is 18.4 Å². The summed E-state index contributed by atoms with van der Waals surface area (Å²) in [5, 5.41) is 16.0. The Kier molecular flexibility index (Phi) is 8.02. The predicted molar refractivity (Wildman–Crippen MR) is 117 cm³/mol. The molecular weight excluding hydrogens is 386 g/mol. The first-order chi connectivity index (χ1) is 14.2. The van der Waals surface area contributed by atoms with Crippen LogP contribution in [0.15, 0.2) is 21.8 Å². The molecule has 0 aromatic carbocycles. The average molecular weight is 420 g/mol. The van der Waals surface area contributed by atoms with Crippen molar-refractivity contribution in [2.45, 2.75) is 51.9 Å². The lowest BCUT2D eigenvalue weighted by Crippen LogP contribution is -2.49. The second-order valence-electron chi connectivity index (χ2n) is 7.19. The molecule has 0 amide bonds. The van der Waals surface area contributed by atoms with Crippen molar-refractivity contribution in [3.63, 3.8) is 0 Å². The Bertz CT molecular complexity index is 770. The molecule has 0 radical (unpaired) electrons. The second-order valence-corrected chi connectivity index (χ2v) is 7.97. The van der Waals surface area contributed by atoms with Crippen LogP contribution in [-0.4, -0.2) is 65.5 Å². The average Bonchev–Trinajstić information content (AvgIpc) is 3.39. The first-order valence-corrected chi connectivity index (χ1v) is 11.3. The number of aryl methyl sites for hydroxylation is 1. The number of fused-ring (bicyclic) bond motifs is 1. The summed E-state index contributed by atoms with van der Waals surface area (Å²) >= 11 is 1.75. The number of ether oxygens (including phenoxy) is 1. The fraction of sp³-hybridized carbons (Fsp3) is 0.650. The minimum Gasteiger partial charge on any atom is -0.377 e. The van der Waals surface area contributed by atoms with Crippen LogP contribution < -0.4 is 10.6 Å². The SMILES string of the molecule is CCN(CC)C(CNC(=NC)NC1CCc2nc(COC)nn2C1)c1ccsc1. The maximum absolute atomic E-state index is 5.15. The summed E-state index contributed by atoms with van der Waals surface area (Å²) < 4.78 is 7.14. The monoisotopic (exact) mass is 419 g/mol. The van der Waals surface area contributed by atoms with Crippen LogP contribution in [0.2, 0.25) is 0 Å². The number of guanidine groups is 1. The van der Waals surface area contributed by atoms with Crippen LogP contribution >= 0.6 is 11.3 Å². The number of rotatable bonds is 9. The molecule has 160 valence electrons. The molecule has 0 fully saturated rings. The van der Waals surface area contributed by atoms with Crippen molar-refractivity contribution in [1.29, 1.82) is 0 Å². The largest absolute Gasteiger partial charge is 0.377 e. The van der Waals surface area contributed by atoms with Gasteiger partial charge in [-0.1, -0.05) is 13.8 Å². The molecule has 29 heavy (non-hydrogen) atoms. The van der Waals surface area contributed by atoms with Gasteiger partial charge in [0.25, 0.3) is 0 Å². The van der Waals surface area contributed by atoms with Gasteiger partial charge in [-0.25, -0.2) is 9.67 Å². The molecule has 9 heteroatoms. The van der Waals surface area contributed by atoms with Crippen LogP contribution in [-0.2, 0) is 24.3 Å². The normalized spacial score (nSPS) is 18.0. The highest BCUT2D eigenvalue weighted by Gasteiger charge is 2.23. The zero-order valence-electron chi connectivity index (χ0n) is 17.9. The van der Waals surface area contributed by atoms with Gasteiger partial charge in [-0.05, 0) is 41.9 Å². The molecule has 2 N–H and O–H groups in total. The number of thiophene rings is 1. The molecular formula is C20H33N7OS. The summed E-state index contributed by atoms with van der Waals surface area (Å²) in [6, 6.07) is 2.83. The third-order valence-electron chi connectivity index (χ3n) is 5.38. The maximum atomic E-state index is 5.15. The number of aliphatic imine (C=N–C) groups is 1. The number of hydrogen-bond acceptors (Lipinski definition) is 6. The Hall–Kier alpha value is -1.97. The maximum Gasteiger partial charge on any atom is 0.191 e. The Morgan fingerprint density at radius 2 is 2.28 bits per heavy atom. The van der Waals surface area contributed by atoms with Gasteiger partial charge < -0.3 is 15.4 Å². The third-order valence-corrected chi connectivity index (χ3v) is 6.09. The van der Waals surface area contributed by atoms with E-state index in [2.05, 4.69) is 61.3 Å². The summed E-state index contributed by atoms with van der Waals surface area (Å²) in [7, 11) is 3.49. The molecule has 0 spiro atoms. The van der Waals surface area contributed by atoms with Crippen LogP contribution in [0.5, 0.6) is 0 Å². The molecule has 2 aromatic heterocycles. The first kappa shape index (κ1) is 21.7. The van der Waals surface area contributed by atoms with Crippen LogP contribution in [0.4, 0.5) is 0 Å². The Morgan fingerprint density at radius 3 is 2.93 bits per heavy atom. The lowest BCUT2D eigenvalue weighted by atomic mass is 10.1. The third kappa shape index (κ3) is 5.55. The first-order valence-electron chi connectivity index (χ1n) is 10.3. The van der Waals surface area contributed by atoms with E-state index in [9.17, 15) is 0 Å². The topological polar surface area (TPSA) is 79.6 Å². The standard InChI is InChI=1S/C20H33N7OS/c1-5-26(6-2)17(15-9-10-29-14-15)11-22-20(21-3)23-16-7-8-19-24-18(13-28-4)25-27(19)12-16/h9-10,14,16-17H,5-8,11-13H2,1-4H3,(H2,21,22,23). The molecule has 0 bridgehead atoms. The summed E-state index contributed by atoms with van der Waals surface area (Å²) in [6.07, 6.45) is 1.91. The molecule has 3 heterocycles. The molecule has 1 aliphatic heterocycles. The van der Waals surface area contributed by atoms with Crippen LogP contribution in [0.3, 0.4) is 0 Å². The number of aromatic nitrogens is 3. The van der Waals surface area contributed by atoms with E-state index in [1.165, 1.54) is 5.56 Å². The van der Waals surface area contributed by atoms with E-state index in [-0.39, 0.29) is 6.04 Å². The van der Waals surface area contributed by atoms with E-state index in [0.717, 1.165) is 56.6 Å². The van der Waals surface area contributed by atoms with E-state index in [4.69, 9.17) is 4.74 Å². The Labute approximate surface area is 177 Å². The fourth-order valence-corrected chi connectivity index (χ4v) is 4.54. The number of methoxy groups -OCH3 is 1. The summed E-state index contributed by atoms with van der Waals surface area (Å²) in [4.78, 5) is 11.5. The van der Waals surface area contributed by atoms with Gasteiger partial charge in [0.2, 0.25) is 0 Å². The lowest BCUT2D eigenvalue weighted by Gasteiger charge is -2.31. The van der Waals surface area contributed by atoms with Gasteiger partial charge in [0.1, 0.15) is 12.4 Å². The van der Waals surface area contributed by atoms with E-state index in [1.807, 2.05) is 11.7 Å². The molecule has 0 saturated carbocycles. The van der Waals surface area contributed by atoms with Crippen molar-refractivity contribution < 1.29 is 4.74 Å². The smallest absolute Gasteiger partial charge is 0.191 e. The van der Waals surface area contributed by atoms with Gasteiger partial charge in [-0.2, -0.15) is 16.4 Å². The van der Waals surface area contributed by atoms with Gasteiger partial charge >= 0.3 is 0 Å². The van der Waals surface area contributed by atoms with Crippen LogP contribution in [0, 0.1) is 0 Å². The van der Waals surface area contributed by atoms with Crippen molar-refractivity contribution in [2.75, 3.05) is 33.8 Å². The van der Waals surface area contributed by atoms with Crippen molar-refractivity contribution in [3.8, 4) is 0 Å². The summed E-state index contributed by atoms with van der Waals surface area (Å²) in [5.74, 6) is 2.63. The summed E-state index contributed by atoms with van der Waals surface area (Å²) in [5.41, 5.74) is 1.36. The molecule has 8 nitrogen and oxygen atoms in total. The molecule has 0 saturated heterocycles. The van der Waals surface area contributed by atoms with Crippen molar-refractivity contribution >= 4 is 17.3 Å². The predicted octanol–water partition coefficient (Wildman–Crippen LogP) is 2.05. The molecule has 2 atom stereocenters. The Balaban J connectivity index is 1.58. The zero-order valence-corrected chi connectivity index (χ0v) is 18.7. The van der Waals surface area contributed by atoms with Crippen molar-refractivity contribution in [1.82, 2.24) is 30.3 Å². The fourth-order valence-electron chi connectivity index (χ4n) is 3.84. The number of nitrogens with one attached hydrogen (secondary N) is 2. The van der Waals surface area contributed by atoms with Gasteiger partial charge in [-0.3, -0.25) is 9.89 Å². The van der Waals surface area contributed by atoms with Gasteiger partial charge in [0.15, 0.2) is 11.8 Å². The highest BCUT2D eigenvalue weighted by molar-refractivity contribution is 7.07. The second kappa shape index (κ2) is 10.7. The minimum absolute atomic E-state index is 0.277. The molecule has 2 aromatic rings. The highest BCUT2D eigenvalue weighted by Crippen LogP contribution is 2.22. The Morgan fingerprint density at radius 1 is 1.45 bits per heavy atom. The number of hydrogen-bond donors (Lipinski definition) is 2. The summed E-state index contributed by atoms with van der Waals surface area (Å²) in [6.45, 7) is 8.53. The lowest BCUT2D eigenvalue weighted by molar-refractivity contribution is 0.177. The van der Waals surface area contributed by atoms with Crippen molar-refractivity contribution in [3.05, 3.63) is 34.0 Å². The zero-order chi connectivity index (χ0) is 20.6. The van der Waals surface area contributed by atoms with Crippen molar-refractivity contribution in [2.24, 2.45) is 4.99 Å². The quantitative estimate of drug-likeness (QED) is 0.478. The molecule has 3 rings (SSSR count). The number of likely N-dealkylation sites (N-methyl/N-ethyl adjacent to an activating group) is 1. The van der Waals surface area contributed by atoms with Crippen LogP contribution in [0.25, 0.3) is 0 Å². The highest BCUT2D eigenvalue weighted by atomic mass is 32.1. The van der Waals surface area contributed by atoms with Crippen LogP contribution in [0.1, 0.15) is 43.5 Å². The van der Waals surface area contributed by atoms with E-state index in [0.29, 0.717) is 12.6 Å². The molecule has 0 aliphatic carbocycles. The van der Waals surface area contributed by atoms with Gasteiger partial charge in [-0.15, -0.1) is 0 Å². The van der Waals surface area contributed by atoms with E-state index < -0.39 is 0 Å². The minimum atomic E-state index is 0.277. The molecule has 2 unspecified atom stereocenters. The van der Waals surface area contributed by atoms with E-state index >= 15 is 0 Å². The number of nitrogens with zero attached hydrogens (tertiary/aromatic N) is 5.